The maximum Gasteiger partial charge on any atom is 0.573 e. The molecule has 1 heterocycles. The second-order valence-electron chi connectivity index (χ2n) is 6.12. The third kappa shape index (κ3) is 3.63. The van der Waals surface area contributed by atoms with E-state index in [1.807, 2.05) is 0 Å². The Labute approximate surface area is 133 Å². The topological polar surface area (TPSA) is 46.6 Å². The predicted octanol–water partition coefficient (Wildman–Crippen LogP) is 3.40. The van der Waals surface area contributed by atoms with Crippen molar-refractivity contribution in [2.45, 2.75) is 36.9 Å². The molecule has 0 aromatic heterocycles. The fourth-order valence-electron chi connectivity index (χ4n) is 3.23. The van der Waals surface area contributed by atoms with E-state index in [0.717, 1.165) is 30.7 Å². The van der Waals surface area contributed by atoms with E-state index >= 15 is 0 Å². The van der Waals surface area contributed by atoms with Gasteiger partial charge in [-0.25, -0.2) is 8.42 Å². The molecule has 3 rings (SSSR count). The summed E-state index contributed by atoms with van der Waals surface area (Å²) in [5.74, 6) is 0.606. The molecule has 1 atom stereocenters. The van der Waals surface area contributed by atoms with Crippen molar-refractivity contribution in [3.8, 4) is 5.75 Å². The Morgan fingerprint density at radius 3 is 2.22 bits per heavy atom. The van der Waals surface area contributed by atoms with Crippen LogP contribution in [0.1, 0.15) is 25.7 Å². The molecule has 0 spiro atoms. The lowest BCUT2D eigenvalue weighted by Gasteiger charge is -2.31. The molecule has 1 saturated carbocycles. The standard InChI is InChI=1S/C15H18F3NO3S/c16-15(17,18)22-13-4-6-14(7-5-13)23(20,21)19-9-8-12(10-19)11-2-1-3-11/h4-7,11-12H,1-3,8-10H2. The zero-order valence-electron chi connectivity index (χ0n) is 12.4. The third-order valence-corrected chi connectivity index (χ3v) is 6.58. The van der Waals surface area contributed by atoms with Crippen molar-refractivity contribution in [3.05, 3.63) is 24.3 Å². The number of sulfonamides is 1. The van der Waals surface area contributed by atoms with Crippen molar-refractivity contribution in [3.63, 3.8) is 0 Å². The van der Waals surface area contributed by atoms with E-state index in [1.165, 1.54) is 23.6 Å². The van der Waals surface area contributed by atoms with Gasteiger partial charge in [0.05, 0.1) is 4.90 Å². The molecule has 0 radical (unpaired) electrons. The van der Waals surface area contributed by atoms with Crippen LogP contribution < -0.4 is 4.74 Å². The van der Waals surface area contributed by atoms with E-state index in [2.05, 4.69) is 4.74 Å². The van der Waals surface area contributed by atoms with Crippen molar-refractivity contribution in [2.75, 3.05) is 13.1 Å². The van der Waals surface area contributed by atoms with Crippen LogP contribution in [0.4, 0.5) is 13.2 Å². The van der Waals surface area contributed by atoms with Crippen molar-refractivity contribution in [1.29, 1.82) is 0 Å². The first kappa shape index (κ1) is 16.6. The molecule has 128 valence electrons. The summed E-state index contributed by atoms with van der Waals surface area (Å²) in [4.78, 5) is 0.00119. The van der Waals surface area contributed by atoms with Gasteiger partial charge < -0.3 is 4.74 Å². The molecular formula is C15H18F3NO3S. The highest BCUT2D eigenvalue weighted by Crippen LogP contribution is 2.39. The Bertz CT molecular complexity index is 654. The SMILES string of the molecule is O=S(=O)(c1ccc(OC(F)(F)F)cc1)N1CCC(C2CCC2)C1. The van der Waals surface area contributed by atoms with Gasteiger partial charge in [0.2, 0.25) is 10.0 Å². The molecule has 1 aromatic rings. The summed E-state index contributed by atoms with van der Waals surface area (Å²) in [6.07, 6.45) is -0.372. The van der Waals surface area contributed by atoms with Gasteiger partial charge in [-0.1, -0.05) is 19.3 Å². The lowest BCUT2D eigenvalue weighted by molar-refractivity contribution is -0.274. The van der Waals surface area contributed by atoms with E-state index in [4.69, 9.17) is 0 Å². The fourth-order valence-corrected chi connectivity index (χ4v) is 4.74. The Balaban J connectivity index is 1.70. The smallest absolute Gasteiger partial charge is 0.406 e. The van der Waals surface area contributed by atoms with Crippen LogP contribution in [0.25, 0.3) is 0 Å². The number of hydrogen-bond donors (Lipinski definition) is 0. The fraction of sp³-hybridized carbons (Fsp3) is 0.600. The van der Waals surface area contributed by atoms with Crippen LogP contribution in [0.3, 0.4) is 0 Å². The summed E-state index contributed by atoms with van der Waals surface area (Å²) in [6.45, 7) is 0.984. The quantitative estimate of drug-likeness (QED) is 0.837. The van der Waals surface area contributed by atoms with E-state index in [-0.39, 0.29) is 4.90 Å². The average Bonchev–Trinajstić information content (AvgIpc) is 2.85. The maximum absolute atomic E-state index is 12.6. The van der Waals surface area contributed by atoms with Crippen molar-refractivity contribution >= 4 is 10.0 Å². The Morgan fingerprint density at radius 1 is 1.04 bits per heavy atom. The summed E-state index contributed by atoms with van der Waals surface area (Å²) in [5.41, 5.74) is 0. The van der Waals surface area contributed by atoms with Crippen molar-refractivity contribution in [2.24, 2.45) is 11.8 Å². The number of halogens is 3. The highest BCUT2D eigenvalue weighted by Gasteiger charge is 2.38. The highest BCUT2D eigenvalue weighted by atomic mass is 32.2. The largest absolute Gasteiger partial charge is 0.573 e. The second kappa shape index (κ2) is 5.98. The van der Waals surface area contributed by atoms with Crippen LogP contribution in [-0.2, 0) is 10.0 Å². The lowest BCUT2D eigenvalue weighted by Crippen LogP contribution is -2.31. The van der Waals surface area contributed by atoms with E-state index in [0.29, 0.717) is 24.9 Å². The van der Waals surface area contributed by atoms with Gasteiger partial charge in [-0.15, -0.1) is 13.2 Å². The number of benzene rings is 1. The van der Waals surface area contributed by atoms with Crippen LogP contribution in [0.15, 0.2) is 29.2 Å². The van der Waals surface area contributed by atoms with Gasteiger partial charge in [-0.3, -0.25) is 0 Å². The summed E-state index contributed by atoms with van der Waals surface area (Å²) < 4.78 is 66.7. The first-order valence-corrected chi connectivity index (χ1v) is 9.06. The minimum atomic E-state index is -4.79. The van der Waals surface area contributed by atoms with Gasteiger partial charge >= 0.3 is 6.36 Å². The second-order valence-corrected chi connectivity index (χ2v) is 8.06. The Kier molecular flexibility index (Phi) is 4.31. The van der Waals surface area contributed by atoms with Gasteiger partial charge in [0.25, 0.3) is 0 Å². The van der Waals surface area contributed by atoms with Gasteiger partial charge in [0.15, 0.2) is 0 Å². The number of ether oxygens (including phenoxy) is 1. The molecule has 1 aromatic carbocycles. The van der Waals surface area contributed by atoms with E-state index < -0.39 is 22.1 Å². The van der Waals surface area contributed by atoms with Gasteiger partial charge in [0.1, 0.15) is 5.75 Å². The lowest BCUT2D eigenvalue weighted by atomic mass is 9.75. The molecule has 2 aliphatic rings. The van der Waals surface area contributed by atoms with Crippen LogP contribution in [0.2, 0.25) is 0 Å². The molecule has 1 unspecified atom stereocenters. The Hall–Kier alpha value is -1.28. The molecule has 8 heteroatoms. The minimum Gasteiger partial charge on any atom is -0.406 e. The van der Waals surface area contributed by atoms with Gasteiger partial charge in [0, 0.05) is 13.1 Å². The van der Waals surface area contributed by atoms with Gasteiger partial charge in [-0.2, -0.15) is 4.31 Å². The molecule has 2 fully saturated rings. The van der Waals surface area contributed by atoms with Gasteiger partial charge in [-0.05, 0) is 42.5 Å². The minimum absolute atomic E-state index is 0.00119. The summed E-state index contributed by atoms with van der Waals surface area (Å²) in [6, 6.07) is 4.37. The first-order valence-electron chi connectivity index (χ1n) is 7.62. The number of hydrogen-bond acceptors (Lipinski definition) is 3. The predicted molar refractivity (Wildman–Crippen MR) is 77.3 cm³/mol. The maximum atomic E-state index is 12.6. The normalized spacial score (nSPS) is 23.7. The number of alkyl halides is 3. The average molecular weight is 349 g/mol. The molecule has 0 amide bonds. The van der Waals surface area contributed by atoms with E-state index in [1.54, 1.807) is 0 Å². The molecule has 4 nitrogen and oxygen atoms in total. The zero-order chi connectivity index (χ0) is 16.7. The van der Waals surface area contributed by atoms with Crippen LogP contribution in [-0.4, -0.2) is 32.2 Å². The third-order valence-electron chi connectivity index (χ3n) is 4.70. The molecular weight excluding hydrogens is 331 g/mol. The van der Waals surface area contributed by atoms with Crippen LogP contribution in [0, 0.1) is 11.8 Å². The molecule has 0 bridgehead atoms. The van der Waals surface area contributed by atoms with Crippen LogP contribution >= 0.6 is 0 Å². The molecule has 1 aliphatic heterocycles. The van der Waals surface area contributed by atoms with Crippen LogP contribution in [0.5, 0.6) is 5.75 Å². The number of nitrogens with zero attached hydrogens (tertiary/aromatic N) is 1. The molecule has 23 heavy (non-hydrogen) atoms. The van der Waals surface area contributed by atoms with E-state index in [9.17, 15) is 21.6 Å². The summed E-state index contributed by atoms with van der Waals surface area (Å²) in [5, 5.41) is 0. The molecule has 0 N–H and O–H groups in total. The van der Waals surface area contributed by atoms with Crippen molar-refractivity contribution in [1.82, 2.24) is 4.31 Å². The summed E-state index contributed by atoms with van der Waals surface area (Å²) in [7, 11) is -3.65. The zero-order valence-corrected chi connectivity index (χ0v) is 13.2. The number of rotatable bonds is 4. The molecule has 1 aliphatic carbocycles. The highest BCUT2D eigenvalue weighted by molar-refractivity contribution is 7.89. The Morgan fingerprint density at radius 2 is 1.70 bits per heavy atom. The summed E-state index contributed by atoms with van der Waals surface area (Å²) >= 11 is 0. The van der Waals surface area contributed by atoms with Crippen molar-refractivity contribution < 1.29 is 26.3 Å². The first-order chi connectivity index (χ1) is 10.8. The molecule has 1 saturated heterocycles. The monoisotopic (exact) mass is 349 g/mol.